The van der Waals surface area contributed by atoms with Crippen LogP contribution in [0, 0.1) is 5.92 Å². The van der Waals surface area contributed by atoms with Gasteiger partial charge in [-0.15, -0.1) is 0 Å². The lowest BCUT2D eigenvalue weighted by molar-refractivity contribution is -0.158. The van der Waals surface area contributed by atoms with Crippen LogP contribution >= 0.6 is 0 Å². The number of hydrogen-bond acceptors (Lipinski definition) is 5. The van der Waals surface area contributed by atoms with Crippen molar-refractivity contribution in [1.29, 1.82) is 0 Å². The minimum Gasteiger partial charge on any atom is -0.459 e. The molecule has 0 radical (unpaired) electrons. The summed E-state index contributed by atoms with van der Waals surface area (Å²) in [6.07, 6.45) is 1.06. The van der Waals surface area contributed by atoms with Crippen LogP contribution in [0.15, 0.2) is 30.3 Å². The van der Waals surface area contributed by atoms with Crippen molar-refractivity contribution >= 4 is 20.2 Å². The van der Waals surface area contributed by atoms with Gasteiger partial charge in [0, 0.05) is 13.2 Å². The van der Waals surface area contributed by atoms with E-state index in [1.165, 1.54) is 0 Å². The fourth-order valence-electron chi connectivity index (χ4n) is 3.16. The number of amides is 1. The summed E-state index contributed by atoms with van der Waals surface area (Å²) in [6, 6.07) is 8.67. The molecule has 2 atom stereocenters. The fourth-order valence-corrected chi connectivity index (χ4v) is 4.23. The van der Waals surface area contributed by atoms with E-state index < -0.39 is 26.0 Å². The third-order valence-corrected chi connectivity index (χ3v) is 10.6. The molecule has 0 unspecified atom stereocenters. The monoisotopic (exact) mass is 492 g/mol. The summed E-state index contributed by atoms with van der Waals surface area (Å²) >= 11 is 0. The lowest BCUT2D eigenvalue weighted by atomic mass is 10.0. The first kappa shape index (κ1) is 30.3. The van der Waals surface area contributed by atoms with E-state index in [0.717, 1.165) is 5.56 Å². The molecule has 0 aliphatic carbocycles. The van der Waals surface area contributed by atoms with E-state index in [4.69, 9.17) is 9.16 Å². The third kappa shape index (κ3) is 11.1. The molecule has 0 aromatic heterocycles. The SMILES string of the molecule is CC(C)C[C@H](N[C@H](CCO[Si](C)(C)C(C)(C)C)C(=O)OC(C)(C)C)C(=O)NCc1ccccc1. The summed E-state index contributed by atoms with van der Waals surface area (Å²) < 4.78 is 12.0. The number of ether oxygens (including phenoxy) is 1. The van der Waals surface area contributed by atoms with Gasteiger partial charge in [-0.05, 0) is 63.2 Å². The van der Waals surface area contributed by atoms with Crippen LogP contribution in [0.1, 0.15) is 73.8 Å². The van der Waals surface area contributed by atoms with Gasteiger partial charge in [-0.2, -0.15) is 0 Å². The van der Waals surface area contributed by atoms with E-state index >= 15 is 0 Å². The van der Waals surface area contributed by atoms with Crippen molar-refractivity contribution in [3.63, 3.8) is 0 Å². The van der Waals surface area contributed by atoms with Crippen molar-refractivity contribution in [2.45, 2.75) is 111 Å². The Balaban J connectivity index is 2.96. The van der Waals surface area contributed by atoms with Crippen molar-refractivity contribution in [2.24, 2.45) is 5.92 Å². The molecule has 194 valence electrons. The third-order valence-electron chi connectivity index (χ3n) is 6.10. The van der Waals surface area contributed by atoms with Crippen molar-refractivity contribution in [2.75, 3.05) is 6.61 Å². The summed E-state index contributed by atoms with van der Waals surface area (Å²) in [5.41, 5.74) is 0.422. The zero-order valence-electron chi connectivity index (χ0n) is 23.1. The van der Waals surface area contributed by atoms with E-state index in [-0.39, 0.29) is 22.8 Å². The van der Waals surface area contributed by atoms with Gasteiger partial charge in [0.05, 0.1) is 6.04 Å². The van der Waals surface area contributed by atoms with Gasteiger partial charge in [0.1, 0.15) is 11.6 Å². The molecule has 0 saturated heterocycles. The predicted molar refractivity (Wildman–Crippen MR) is 142 cm³/mol. The average Bonchev–Trinajstić information content (AvgIpc) is 2.68. The number of benzene rings is 1. The molecule has 0 bridgehead atoms. The predicted octanol–water partition coefficient (Wildman–Crippen LogP) is 5.43. The molecule has 2 N–H and O–H groups in total. The Kier molecular flexibility index (Phi) is 11.5. The van der Waals surface area contributed by atoms with E-state index in [1.54, 1.807) is 0 Å². The Labute approximate surface area is 208 Å². The molecule has 1 aromatic carbocycles. The zero-order valence-corrected chi connectivity index (χ0v) is 24.1. The number of esters is 1. The molecular formula is C27H48N2O4Si. The molecule has 1 aromatic rings. The highest BCUT2D eigenvalue weighted by molar-refractivity contribution is 6.74. The Morgan fingerprint density at radius 3 is 2.06 bits per heavy atom. The Bertz CT molecular complexity index is 767. The van der Waals surface area contributed by atoms with E-state index in [2.05, 4.69) is 58.3 Å². The van der Waals surface area contributed by atoms with Gasteiger partial charge in [-0.3, -0.25) is 14.9 Å². The van der Waals surface area contributed by atoms with Gasteiger partial charge in [0.15, 0.2) is 8.32 Å². The summed E-state index contributed by atoms with van der Waals surface area (Å²) in [5.74, 6) is -0.185. The summed E-state index contributed by atoms with van der Waals surface area (Å²) in [7, 11) is -1.95. The van der Waals surface area contributed by atoms with Crippen molar-refractivity contribution in [3.8, 4) is 0 Å². The molecule has 0 saturated carbocycles. The van der Waals surface area contributed by atoms with E-state index in [1.807, 2.05) is 51.1 Å². The molecule has 0 aliphatic heterocycles. The Morgan fingerprint density at radius 1 is 0.971 bits per heavy atom. The normalized spacial score (nSPS) is 14.6. The summed E-state index contributed by atoms with van der Waals surface area (Å²) in [6.45, 7) is 21.6. The van der Waals surface area contributed by atoms with Crippen LogP contribution in [-0.2, 0) is 25.3 Å². The molecule has 0 heterocycles. The maximum absolute atomic E-state index is 13.1. The van der Waals surface area contributed by atoms with Gasteiger partial charge in [-0.25, -0.2) is 0 Å². The van der Waals surface area contributed by atoms with E-state index in [0.29, 0.717) is 26.0 Å². The minimum absolute atomic E-state index is 0.0827. The molecule has 7 heteroatoms. The second kappa shape index (κ2) is 12.8. The highest BCUT2D eigenvalue weighted by Gasteiger charge is 2.38. The first-order chi connectivity index (χ1) is 15.5. The second-order valence-electron chi connectivity index (χ2n) is 12.0. The van der Waals surface area contributed by atoms with Gasteiger partial charge in [0.25, 0.3) is 0 Å². The lowest BCUT2D eigenvalue weighted by Crippen LogP contribution is -2.53. The van der Waals surface area contributed by atoms with Crippen LogP contribution in [0.4, 0.5) is 0 Å². The molecule has 0 aliphatic rings. The van der Waals surface area contributed by atoms with Crippen LogP contribution in [0.5, 0.6) is 0 Å². The summed E-state index contributed by atoms with van der Waals surface area (Å²) in [5, 5.41) is 6.42. The van der Waals surface area contributed by atoms with Crippen molar-refractivity contribution < 1.29 is 18.8 Å². The molecular weight excluding hydrogens is 444 g/mol. The van der Waals surface area contributed by atoms with Crippen LogP contribution < -0.4 is 10.6 Å². The summed E-state index contributed by atoms with van der Waals surface area (Å²) in [4.78, 5) is 26.2. The first-order valence-corrected chi connectivity index (χ1v) is 15.4. The van der Waals surface area contributed by atoms with Crippen LogP contribution in [0.25, 0.3) is 0 Å². The van der Waals surface area contributed by atoms with Gasteiger partial charge in [-0.1, -0.05) is 65.0 Å². The maximum atomic E-state index is 13.1. The minimum atomic E-state index is -1.95. The topological polar surface area (TPSA) is 76.7 Å². The Morgan fingerprint density at radius 2 is 1.56 bits per heavy atom. The van der Waals surface area contributed by atoms with Gasteiger partial charge >= 0.3 is 5.97 Å². The largest absolute Gasteiger partial charge is 0.459 e. The van der Waals surface area contributed by atoms with Crippen LogP contribution in [0.3, 0.4) is 0 Å². The number of carbonyl (C=O) groups excluding carboxylic acids is 2. The molecule has 1 rings (SSSR count). The highest BCUT2D eigenvalue weighted by Crippen LogP contribution is 2.36. The molecule has 1 amide bonds. The second-order valence-corrected chi connectivity index (χ2v) is 16.8. The first-order valence-electron chi connectivity index (χ1n) is 12.5. The lowest BCUT2D eigenvalue weighted by Gasteiger charge is -2.36. The smallest absolute Gasteiger partial charge is 0.323 e. The number of rotatable bonds is 12. The molecule has 6 nitrogen and oxygen atoms in total. The number of hydrogen-bond donors (Lipinski definition) is 2. The Hall–Kier alpha value is -1.70. The number of nitrogens with one attached hydrogen (secondary N) is 2. The fraction of sp³-hybridized carbons (Fsp3) is 0.704. The quantitative estimate of drug-likeness (QED) is 0.301. The molecule has 34 heavy (non-hydrogen) atoms. The standard InChI is InChI=1S/C27H48N2O4Si/c1-20(2)18-23(24(30)28-19-21-14-12-11-13-15-21)29-22(25(31)33-26(3,4)5)16-17-32-34(9,10)27(6,7)8/h11-15,20,22-23,29H,16-19H2,1-10H3,(H,28,30)/t22-,23+/m1/s1. The van der Waals surface area contributed by atoms with Crippen LogP contribution in [-0.4, -0.2) is 44.5 Å². The van der Waals surface area contributed by atoms with Gasteiger partial charge < -0.3 is 14.5 Å². The maximum Gasteiger partial charge on any atom is 0.323 e. The molecule has 0 spiro atoms. The molecule has 0 fully saturated rings. The van der Waals surface area contributed by atoms with Gasteiger partial charge in [0.2, 0.25) is 5.91 Å². The number of carbonyl (C=O) groups is 2. The van der Waals surface area contributed by atoms with Crippen molar-refractivity contribution in [1.82, 2.24) is 10.6 Å². The zero-order chi connectivity index (χ0) is 26.2. The van der Waals surface area contributed by atoms with E-state index in [9.17, 15) is 9.59 Å². The highest BCUT2D eigenvalue weighted by atomic mass is 28.4. The van der Waals surface area contributed by atoms with Crippen molar-refractivity contribution in [3.05, 3.63) is 35.9 Å². The average molecular weight is 493 g/mol. The van der Waals surface area contributed by atoms with Crippen LogP contribution in [0.2, 0.25) is 18.1 Å².